The molecule has 2 aromatic carbocycles. The van der Waals surface area contributed by atoms with E-state index in [0.29, 0.717) is 27.3 Å². The van der Waals surface area contributed by atoms with E-state index in [1.165, 1.54) is 0 Å². The van der Waals surface area contributed by atoms with E-state index < -0.39 is 0 Å². The van der Waals surface area contributed by atoms with Crippen molar-refractivity contribution in [3.8, 4) is 11.3 Å². The predicted octanol–water partition coefficient (Wildman–Crippen LogP) is 3.80. The van der Waals surface area contributed by atoms with Gasteiger partial charge in [0, 0.05) is 24.2 Å². The zero-order valence-electron chi connectivity index (χ0n) is 12.3. The standard InChI is InChI=1S/C18H12ClN3O/c1-22-13-10-12-8-5-9-20-15(12)14(19)17(13)21-16(18(22)23)11-6-3-2-4-7-11/h2-10H,1H3. The van der Waals surface area contributed by atoms with E-state index in [-0.39, 0.29) is 5.56 Å². The largest absolute Gasteiger partial charge is 0.308 e. The molecule has 2 aromatic heterocycles. The van der Waals surface area contributed by atoms with E-state index in [2.05, 4.69) is 9.97 Å². The summed E-state index contributed by atoms with van der Waals surface area (Å²) in [5.41, 5.74) is 2.97. The Morgan fingerprint density at radius 3 is 2.61 bits per heavy atom. The highest BCUT2D eigenvalue weighted by Crippen LogP contribution is 2.30. The van der Waals surface area contributed by atoms with Crippen molar-refractivity contribution in [3.63, 3.8) is 0 Å². The molecule has 0 radical (unpaired) electrons. The Morgan fingerprint density at radius 1 is 1.04 bits per heavy atom. The molecule has 0 bridgehead atoms. The minimum absolute atomic E-state index is 0.150. The Labute approximate surface area is 137 Å². The van der Waals surface area contributed by atoms with Crippen LogP contribution in [0.4, 0.5) is 0 Å². The molecule has 0 aliphatic rings. The van der Waals surface area contributed by atoms with Crippen LogP contribution in [-0.4, -0.2) is 14.5 Å². The molecule has 4 rings (SSSR count). The van der Waals surface area contributed by atoms with Gasteiger partial charge in [0.05, 0.1) is 16.1 Å². The molecule has 0 atom stereocenters. The van der Waals surface area contributed by atoms with Gasteiger partial charge in [-0.2, -0.15) is 0 Å². The first-order valence-electron chi connectivity index (χ1n) is 7.16. The van der Waals surface area contributed by atoms with Crippen molar-refractivity contribution in [1.29, 1.82) is 0 Å². The lowest BCUT2D eigenvalue weighted by Gasteiger charge is -2.11. The molecular formula is C18H12ClN3O. The van der Waals surface area contributed by atoms with E-state index in [0.717, 1.165) is 10.9 Å². The van der Waals surface area contributed by atoms with Crippen LogP contribution in [0.15, 0.2) is 59.5 Å². The summed E-state index contributed by atoms with van der Waals surface area (Å²) in [6, 6.07) is 15.0. The summed E-state index contributed by atoms with van der Waals surface area (Å²) < 4.78 is 1.59. The third kappa shape index (κ3) is 2.11. The van der Waals surface area contributed by atoms with Crippen molar-refractivity contribution in [2.45, 2.75) is 0 Å². The minimum Gasteiger partial charge on any atom is -0.308 e. The average molecular weight is 322 g/mol. The molecule has 0 spiro atoms. The summed E-state index contributed by atoms with van der Waals surface area (Å²) in [7, 11) is 1.73. The highest BCUT2D eigenvalue weighted by atomic mass is 35.5. The van der Waals surface area contributed by atoms with Gasteiger partial charge in [-0.3, -0.25) is 9.78 Å². The van der Waals surface area contributed by atoms with Gasteiger partial charge in [-0.15, -0.1) is 0 Å². The van der Waals surface area contributed by atoms with Crippen molar-refractivity contribution >= 4 is 33.5 Å². The van der Waals surface area contributed by atoms with Crippen molar-refractivity contribution in [1.82, 2.24) is 14.5 Å². The summed E-state index contributed by atoms with van der Waals surface area (Å²) in [5.74, 6) is 0. The molecule has 0 unspecified atom stereocenters. The van der Waals surface area contributed by atoms with Crippen molar-refractivity contribution < 1.29 is 0 Å². The van der Waals surface area contributed by atoms with Crippen LogP contribution >= 0.6 is 11.6 Å². The highest BCUT2D eigenvalue weighted by Gasteiger charge is 2.15. The Hall–Kier alpha value is -2.72. The number of nitrogens with zero attached hydrogens (tertiary/aromatic N) is 3. The lowest BCUT2D eigenvalue weighted by Crippen LogP contribution is -2.21. The number of aryl methyl sites for hydroxylation is 1. The quantitative estimate of drug-likeness (QED) is 0.501. The number of hydrogen-bond acceptors (Lipinski definition) is 3. The lowest BCUT2D eigenvalue weighted by atomic mass is 10.1. The van der Waals surface area contributed by atoms with Gasteiger partial charge < -0.3 is 4.57 Å². The Balaban J connectivity index is 2.17. The number of benzene rings is 2. The zero-order chi connectivity index (χ0) is 16.0. The summed E-state index contributed by atoms with van der Waals surface area (Å²) in [4.78, 5) is 21.5. The predicted molar refractivity (Wildman–Crippen MR) is 92.7 cm³/mol. The van der Waals surface area contributed by atoms with Gasteiger partial charge >= 0.3 is 0 Å². The van der Waals surface area contributed by atoms with E-state index in [1.54, 1.807) is 17.8 Å². The van der Waals surface area contributed by atoms with Gasteiger partial charge in [-0.1, -0.05) is 48.0 Å². The second-order valence-corrected chi connectivity index (χ2v) is 5.70. The SMILES string of the molecule is Cn1c(=O)c(-c2ccccc2)nc2c(Cl)c3ncccc3cc21. The number of fused-ring (bicyclic) bond motifs is 2. The van der Waals surface area contributed by atoms with Crippen LogP contribution in [0.25, 0.3) is 33.2 Å². The third-order valence-corrected chi connectivity index (χ3v) is 4.29. The molecule has 0 saturated carbocycles. The summed E-state index contributed by atoms with van der Waals surface area (Å²) in [6.07, 6.45) is 1.69. The Bertz CT molecular complexity index is 1100. The molecule has 0 amide bonds. The van der Waals surface area contributed by atoms with Gasteiger partial charge in [0.1, 0.15) is 11.2 Å². The van der Waals surface area contributed by atoms with Crippen molar-refractivity contribution in [3.05, 3.63) is 70.1 Å². The minimum atomic E-state index is -0.150. The molecule has 23 heavy (non-hydrogen) atoms. The Morgan fingerprint density at radius 2 is 1.83 bits per heavy atom. The van der Waals surface area contributed by atoms with E-state index in [4.69, 9.17) is 11.6 Å². The van der Waals surface area contributed by atoms with E-state index >= 15 is 0 Å². The summed E-state index contributed by atoms with van der Waals surface area (Å²) in [6.45, 7) is 0. The number of pyridine rings is 1. The maximum atomic E-state index is 12.7. The highest BCUT2D eigenvalue weighted by molar-refractivity contribution is 6.39. The van der Waals surface area contributed by atoms with Crippen molar-refractivity contribution in [2.75, 3.05) is 0 Å². The normalized spacial score (nSPS) is 11.2. The fourth-order valence-corrected chi connectivity index (χ4v) is 3.03. The number of hydrogen-bond donors (Lipinski definition) is 0. The van der Waals surface area contributed by atoms with Gasteiger partial charge in [0.15, 0.2) is 0 Å². The number of aromatic nitrogens is 3. The molecule has 0 N–H and O–H groups in total. The molecular weight excluding hydrogens is 310 g/mol. The fraction of sp³-hybridized carbons (Fsp3) is 0.0556. The molecule has 0 saturated heterocycles. The van der Waals surface area contributed by atoms with Gasteiger partial charge in [0.25, 0.3) is 5.56 Å². The molecule has 0 fully saturated rings. The Kier molecular flexibility index (Phi) is 3.13. The monoisotopic (exact) mass is 321 g/mol. The molecule has 4 aromatic rings. The molecule has 112 valence electrons. The number of halogens is 1. The third-order valence-electron chi connectivity index (χ3n) is 3.93. The first kappa shape index (κ1) is 13.9. The van der Waals surface area contributed by atoms with Crippen LogP contribution in [0.2, 0.25) is 5.02 Å². The molecule has 4 nitrogen and oxygen atoms in total. The topological polar surface area (TPSA) is 47.8 Å². The number of rotatable bonds is 1. The van der Waals surface area contributed by atoms with Crippen LogP contribution in [0.5, 0.6) is 0 Å². The van der Waals surface area contributed by atoms with Crippen LogP contribution < -0.4 is 5.56 Å². The first-order valence-corrected chi connectivity index (χ1v) is 7.54. The van der Waals surface area contributed by atoms with Gasteiger partial charge in [-0.25, -0.2) is 4.98 Å². The molecule has 0 aliphatic heterocycles. The average Bonchev–Trinajstić information content (AvgIpc) is 2.60. The lowest BCUT2D eigenvalue weighted by molar-refractivity contribution is 0.896. The first-order chi connectivity index (χ1) is 11.2. The van der Waals surface area contributed by atoms with Gasteiger partial charge in [0.2, 0.25) is 0 Å². The fourth-order valence-electron chi connectivity index (χ4n) is 2.73. The molecule has 0 aliphatic carbocycles. The van der Waals surface area contributed by atoms with Crippen LogP contribution in [0.3, 0.4) is 0 Å². The molecule has 2 heterocycles. The van der Waals surface area contributed by atoms with Crippen LogP contribution in [-0.2, 0) is 7.05 Å². The van der Waals surface area contributed by atoms with Crippen molar-refractivity contribution in [2.24, 2.45) is 7.05 Å². The van der Waals surface area contributed by atoms with E-state index in [1.807, 2.05) is 48.5 Å². The van der Waals surface area contributed by atoms with Crippen LogP contribution in [0.1, 0.15) is 0 Å². The second-order valence-electron chi connectivity index (χ2n) is 5.32. The maximum absolute atomic E-state index is 12.7. The second kappa shape index (κ2) is 5.18. The van der Waals surface area contributed by atoms with Crippen LogP contribution in [0, 0.1) is 0 Å². The summed E-state index contributed by atoms with van der Waals surface area (Å²) >= 11 is 6.52. The molecule has 5 heteroatoms. The van der Waals surface area contributed by atoms with Gasteiger partial charge in [-0.05, 0) is 12.1 Å². The summed E-state index contributed by atoms with van der Waals surface area (Å²) in [5, 5.41) is 1.35. The smallest absolute Gasteiger partial charge is 0.277 e. The maximum Gasteiger partial charge on any atom is 0.277 e. The van der Waals surface area contributed by atoms with E-state index in [9.17, 15) is 4.79 Å². The zero-order valence-corrected chi connectivity index (χ0v) is 13.1.